The number of rotatable bonds is 5. The first-order valence-electron chi connectivity index (χ1n) is 7.05. The summed E-state index contributed by atoms with van der Waals surface area (Å²) in [5.41, 5.74) is 0. The second kappa shape index (κ2) is 6.02. The Morgan fingerprint density at radius 1 is 1.35 bits per heavy atom. The molecule has 1 saturated carbocycles. The van der Waals surface area contributed by atoms with Crippen LogP contribution in [0.2, 0.25) is 0 Å². The van der Waals surface area contributed by atoms with Gasteiger partial charge < -0.3 is 18.9 Å². The first-order chi connectivity index (χ1) is 9.78. The third kappa shape index (κ3) is 2.60. The van der Waals surface area contributed by atoms with Gasteiger partial charge in [0.2, 0.25) is 0 Å². The molecule has 0 unspecified atom stereocenters. The van der Waals surface area contributed by atoms with Crippen LogP contribution in [0.3, 0.4) is 0 Å². The van der Waals surface area contributed by atoms with Gasteiger partial charge in [0.05, 0.1) is 18.3 Å². The predicted octanol–water partition coefficient (Wildman–Crippen LogP) is 2.07. The van der Waals surface area contributed by atoms with Crippen LogP contribution in [-0.2, 0) is 18.9 Å². The van der Waals surface area contributed by atoms with E-state index >= 15 is 0 Å². The smallest absolute Gasteiger partial charge is 0.187 e. The summed E-state index contributed by atoms with van der Waals surface area (Å²) in [6.07, 6.45) is 4.90. The quantitative estimate of drug-likeness (QED) is 0.442. The van der Waals surface area contributed by atoms with Crippen molar-refractivity contribution in [3.05, 3.63) is 12.7 Å². The molecule has 2 heterocycles. The molecule has 1 aliphatic carbocycles. The Morgan fingerprint density at radius 2 is 2.10 bits per heavy atom. The second-order valence-electron chi connectivity index (χ2n) is 5.38. The third-order valence-electron chi connectivity index (χ3n) is 4.05. The molecule has 0 aromatic heterocycles. The molecule has 0 N–H and O–H groups in total. The molecule has 3 fully saturated rings. The van der Waals surface area contributed by atoms with E-state index in [0.29, 0.717) is 13.2 Å². The minimum Gasteiger partial charge on any atom is -0.346 e. The van der Waals surface area contributed by atoms with E-state index in [4.69, 9.17) is 18.9 Å². The number of hydrogen-bond acceptors (Lipinski definition) is 6. The maximum Gasteiger partial charge on any atom is 0.187 e. The molecule has 110 valence electrons. The maximum atomic E-state index is 6.18. The van der Waals surface area contributed by atoms with Gasteiger partial charge in [-0.05, 0) is 25.1 Å². The Balaban J connectivity index is 1.73. The standard InChI is InChI=1S/C14H19NO4S/c1-2-7-16-13-12-11(10(17-13)8-15-9-20)18-14(19-12)5-3-4-6-14/h2,10-13H,1,3-8H2/t10-,11-,12-,13-/m1/s1. The third-order valence-corrected chi connectivity index (χ3v) is 4.18. The van der Waals surface area contributed by atoms with Crippen molar-refractivity contribution in [2.45, 2.75) is 56.1 Å². The highest BCUT2D eigenvalue weighted by molar-refractivity contribution is 7.78. The van der Waals surface area contributed by atoms with Crippen LogP contribution in [0.25, 0.3) is 0 Å². The second-order valence-corrected chi connectivity index (χ2v) is 5.56. The highest BCUT2D eigenvalue weighted by Crippen LogP contribution is 2.46. The van der Waals surface area contributed by atoms with Gasteiger partial charge >= 0.3 is 0 Å². The van der Waals surface area contributed by atoms with Crippen LogP contribution >= 0.6 is 12.2 Å². The highest BCUT2D eigenvalue weighted by atomic mass is 32.1. The summed E-state index contributed by atoms with van der Waals surface area (Å²) in [5, 5.41) is 2.37. The van der Waals surface area contributed by atoms with Crippen molar-refractivity contribution in [2.24, 2.45) is 4.99 Å². The molecule has 3 aliphatic rings. The first-order valence-corrected chi connectivity index (χ1v) is 7.46. The number of aliphatic imine (C=N–C) groups is 1. The van der Waals surface area contributed by atoms with Gasteiger partial charge in [-0.25, -0.2) is 4.99 Å². The van der Waals surface area contributed by atoms with Gasteiger partial charge in [-0.2, -0.15) is 0 Å². The monoisotopic (exact) mass is 297 g/mol. The lowest BCUT2D eigenvalue weighted by atomic mass is 10.1. The zero-order chi connectivity index (χ0) is 14.0. The lowest BCUT2D eigenvalue weighted by molar-refractivity contribution is -0.240. The maximum absolute atomic E-state index is 6.18. The van der Waals surface area contributed by atoms with E-state index in [9.17, 15) is 0 Å². The molecule has 0 aromatic rings. The fourth-order valence-electron chi connectivity index (χ4n) is 3.20. The minimum absolute atomic E-state index is 0.144. The van der Waals surface area contributed by atoms with Crippen LogP contribution in [0.15, 0.2) is 17.6 Å². The molecule has 0 aromatic carbocycles. The molecule has 4 atom stereocenters. The number of fused-ring (bicyclic) bond motifs is 1. The molecule has 2 aliphatic heterocycles. The van der Waals surface area contributed by atoms with E-state index in [2.05, 4.69) is 29.0 Å². The average Bonchev–Trinajstić information content (AvgIpc) is 3.13. The molecule has 1 spiro atoms. The molecular weight excluding hydrogens is 278 g/mol. The number of thiocarbonyl (C=S) groups is 1. The topological polar surface area (TPSA) is 49.3 Å². The zero-order valence-electron chi connectivity index (χ0n) is 11.3. The Morgan fingerprint density at radius 3 is 2.80 bits per heavy atom. The van der Waals surface area contributed by atoms with Crippen LogP contribution in [0.1, 0.15) is 25.7 Å². The van der Waals surface area contributed by atoms with Gasteiger partial charge in [-0.15, -0.1) is 6.58 Å². The van der Waals surface area contributed by atoms with Gasteiger partial charge in [0.25, 0.3) is 0 Å². The van der Waals surface area contributed by atoms with E-state index in [0.717, 1.165) is 25.7 Å². The lowest BCUT2D eigenvalue weighted by Crippen LogP contribution is -2.33. The van der Waals surface area contributed by atoms with Crippen molar-refractivity contribution in [1.29, 1.82) is 0 Å². The summed E-state index contributed by atoms with van der Waals surface area (Å²) < 4.78 is 23.8. The Hall–Kier alpha value is -0.620. The summed E-state index contributed by atoms with van der Waals surface area (Å²) in [4.78, 5) is 3.97. The summed E-state index contributed by atoms with van der Waals surface area (Å²) >= 11 is 4.62. The SMILES string of the molecule is C=CCO[C@@H]1O[C@H](CN=C=S)[C@H]2OC3(CCCC3)O[C@@H]12. The van der Waals surface area contributed by atoms with Gasteiger partial charge in [-0.3, -0.25) is 0 Å². The van der Waals surface area contributed by atoms with Crippen molar-refractivity contribution in [3.63, 3.8) is 0 Å². The predicted molar refractivity (Wildman–Crippen MR) is 75.6 cm³/mol. The fraction of sp³-hybridized carbons (Fsp3) is 0.786. The van der Waals surface area contributed by atoms with Crippen molar-refractivity contribution < 1.29 is 18.9 Å². The number of isothiocyanates is 1. The highest BCUT2D eigenvalue weighted by Gasteiger charge is 2.59. The lowest BCUT2D eigenvalue weighted by Gasteiger charge is -2.26. The minimum atomic E-state index is -0.436. The van der Waals surface area contributed by atoms with E-state index in [1.54, 1.807) is 6.08 Å². The van der Waals surface area contributed by atoms with Crippen LogP contribution in [0, 0.1) is 0 Å². The first kappa shape index (κ1) is 14.3. The van der Waals surface area contributed by atoms with Crippen molar-refractivity contribution in [2.75, 3.05) is 13.2 Å². The fourth-order valence-corrected chi connectivity index (χ4v) is 3.28. The number of hydrogen-bond donors (Lipinski definition) is 0. The molecular formula is C14H19NO4S. The Kier molecular flexibility index (Phi) is 4.31. The molecule has 0 amide bonds. The molecule has 0 bridgehead atoms. The zero-order valence-corrected chi connectivity index (χ0v) is 12.1. The molecule has 2 saturated heterocycles. The number of nitrogens with zero attached hydrogens (tertiary/aromatic N) is 1. The van der Waals surface area contributed by atoms with Crippen LogP contribution < -0.4 is 0 Å². The summed E-state index contributed by atoms with van der Waals surface area (Å²) in [6.45, 7) is 4.50. The Labute approximate surface area is 123 Å². The number of ether oxygens (including phenoxy) is 4. The van der Waals surface area contributed by atoms with E-state index < -0.39 is 12.1 Å². The summed E-state index contributed by atoms with van der Waals surface area (Å²) in [5.74, 6) is -0.436. The Bertz CT molecular complexity index is 417. The molecule has 6 heteroatoms. The molecule has 20 heavy (non-hydrogen) atoms. The van der Waals surface area contributed by atoms with E-state index in [-0.39, 0.29) is 18.3 Å². The van der Waals surface area contributed by atoms with Crippen molar-refractivity contribution in [3.8, 4) is 0 Å². The molecule has 0 radical (unpaired) electrons. The summed E-state index contributed by atoms with van der Waals surface area (Å²) in [6, 6.07) is 0. The van der Waals surface area contributed by atoms with Gasteiger partial charge in [-0.1, -0.05) is 6.08 Å². The van der Waals surface area contributed by atoms with Gasteiger partial charge in [0, 0.05) is 12.8 Å². The van der Waals surface area contributed by atoms with Crippen molar-refractivity contribution >= 4 is 17.4 Å². The summed E-state index contributed by atoms with van der Waals surface area (Å²) in [7, 11) is 0. The van der Waals surface area contributed by atoms with E-state index in [1.807, 2.05) is 0 Å². The van der Waals surface area contributed by atoms with Crippen LogP contribution in [0.4, 0.5) is 0 Å². The van der Waals surface area contributed by atoms with Crippen molar-refractivity contribution in [1.82, 2.24) is 0 Å². The molecule has 5 nitrogen and oxygen atoms in total. The molecule has 3 rings (SSSR count). The average molecular weight is 297 g/mol. The van der Waals surface area contributed by atoms with E-state index in [1.165, 1.54) is 0 Å². The van der Waals surface area contributed by atoms with Gasteiger partial charge in [0.1, 0.15) is 18.3 Å². The largest absolute Gasteiger partial charge is 0.346 e. The van der Waals surface area contributed by atoms with Gasteiger partial charge in [0.15, 0.2) is 12.1 Å². The van der Waals surface area contributed by atoms with Crippen LogP contribution in [-0.4, -0.2) is 48.7 Å². The van der Waals surface area contributed by atoms with Crippen LogP contribution in [0.5, 0.6) is 0 Å². The normalized spacial score (nSPS) is 37.8.